The Bertz CT molecular complexity index is 567. The Balaban J connectivity index is 3.12. The Hall–Kier alpha value is -2.16. The third-order valence-corrected chi connectivity index (χ3v) is 4.59. The molecule has 0 aliphatic carbocycles. The van der Waals surface area contributed by atoms with Crippen molar-refractivity contribution in [1.82, 2.24) is 0 Å². The highest BCUT2D eigenvalue weighted by atomic mass is 32.1. The zero-order valence-electron chi connectivity index (χ0n) is 12.1. The molecule has 1 heterocycles. The van der Waals surface area contributed by atoms with Gasteiger partial charge >= 0.3 is 0 Å². The van der Waals surface area contributed by atoms with E-state index in [9.17, 15) is 4.79 Å². The molecule has 1 aromatic rings. The minimum atomic E-state index is -0.765. The van der Waals surface area contributed by atoms with Crippen LogP contribution in [0.5, 0.6) is 0 Å². The van der Waals surface area contributed by atoms with Crippen molar-refractivity contribution in [3.63, 3.8) is 0 Å². The van der Waals surface area contributed by atoms with E-state index in [0.717, 1.165) is 4.88 Å². The molecule has 0 fully saturated rings. The highest BCUT2D eigenvalue weighted by Crippen LogP contribution is 2.39. The number of Topliss-reactive ketones (excluding diaryl/α,β-unsaturated/α-hetero) is 1. The molecule has 1 rings (SSSR count). The number of nitriles is 3. The Labute approximate surface area is 129 Å². The van der Waals surface area contributed by atoms with Crippen LogP contribution in [0.2, 0.25) is 0 Å². The second-order valence-electron chi connectivity index (χ2n) is 4.99. The van der Waals surface area contributed by atoms with E-state index in [0.29, 0.717) is 24.1 Å². The van der Waals surface area contributed by atoms with Crippen LogP contribution in [0.4, 0.5) is 0 Å². The molecule has 0 saturated carbocycles. The maximum Gasteiger partial charge on any atom is 0.179 e. The fraction of sp³-hybridized carbons (Fsp3) is 0.500. The van der Waals surface area contributed by atoms with Gasteiger partial charge in [-0.1, -0.05) is 0 Å². The molecule has 0 aromatic carbocycles. The molecule has 0 spiro atoms. The average Bonchev–Trinajstić information content (AvgIpc) is 2.93. The lowest BCUT2D eigenvalue weighted by Crippen LogP contribution is -2.31. The number of hydrogen-bond donors (Lipinski definition) is 0. The molecule has 0 aliphatic heterocycles. The van der Waals surface area contributed by atoms with Crippen LogP contribution in [0.15, 0.2) is 12.1 Å². The van der Waals surface area contributed by atoms with Crippen molar-refractivity contribution < 1.29 is 4.79 Å². The first kappa shape index (κ1) is 16.9. The molecule has 5 heteroatoms. The number of carbonyl (C=O) groups excluding carboxylic acids is 1. The summed E-state index contributed by atoms with van der Waals surface area (Å²) in [6, 6.07) is 9.90. The van der Waals surface area contributed by atoms with E-state index in [1.54, 1.807) is 6.07 Å². The number of carbonyl (C=O) groups is 1. The van der Waals surface area contributed by atoms with E-state index in [-0.39, 0.29) is 25.0 Å². The van der Waals surface area contributed by atoms with Crippen molar-refractivity contribution in [3.05, 3.63) is 21.9 Å². The highest BCUT2D eigenvalue weighted by molar-refractivity contribution is 7.14. The Kier molecular flexibility index (Phi) is 6.60. The summed E-state index contributed by atoms with van der Waals surface area (Å²) in [5.41, 5.74) is -0.765. The lowest BCUT2D eigenvalue weighted by Gasteiger charge is -2.30. The van der Waals surface area contributed by atoms with Crippen LogP contribution in [-0.2, 0) is 0 Å². The molecule has 0 radical (unpaired) electrons. The molecule has 0 aliphatic rings. The number of thiophene rings is 1. The minimum absolute atomic E-state index is 0.0265. The third-order valence-electron chi connectivity index (χ3n) is 3.59. The summed E-state index contributed by atoms with van der Waals surface area (Å²) in [4.78, 5) is 14.6. The third kappa shape index (κ3) is 4.42. The van der Waals surface area contributed by atoms with Crippen molar-refractivity contribution in [3.8, 4) is 18.2 Å². The monoisotopic (exact) mass is 299 g/mol. The van der Waals surface area contributed by atoms with E-state index in [2.05, 4.69) is 18.2 Å². The lowest BCUT2D eigenvalue weighted by atomic mass is 9.72. The molecule has 1 aromatic heterocycles. The fourth-order valence-electron chi connectivity index (χ4n) is 2.42. The molecule has 0 bridgehead atoms. The van der Waals surface area contributed by atoms with Crippen LogP contribution in [-0.4, -0.2) is 5.78 Å². The Morgan fingerprint density at radius 2 is 1.52 bits per heavy atom. The zero-order valence-corrected chi connectivity index (χ0v) is 12.9. The predicted octanol–water partition coefficient (Wildman–Crippen LogP) is 4.14. The molecule has 21 heavy (non-hydrogen) atoms. The molecular weight excluding hydrogens is 282 g/mol. The van der Waals surface area contributed by atoms with Gasteiger partial charge in [0.15, 0.2) is 5.78 Å². The van der Waals surface area contributed by atoms with Gasteiger partial charge in [0.1, 0.15) is 0 Å². The summed E-state index contributed by atoms with van der Waals surface area (Å²) in [5.74, 6) is -0.0265. The number of hydrogen-bond acceptors (Lipinski definition) is 5. The molecule has 4 nitrogen and oxygen atoms in total. The average molecular weight is 299 g/mol. The number of ketones is 1. The number of nitrogens with zero attached hydrogens (tertiary/aromatic N) is 3. The maximum atomic E-state index is 12.9. The van der Waals surface area contributed by atoms with Crippen LogP contribution in [0.3, 0.4) is 0 Å². The Morgan fingerprint density at radius 3 is 1.86 bits per heavy atom. The Morgan fingerprint density at radius 1 is 1.05 bits per heavy atom. The number of rotatable bonds is 8. The van der Waals surface area contributed by atoms with Gasteiger partial charge < -0.3 is 0 Å². The van der Waals surface area contributed by atoms with Crippen molar-refractivity contribution in [2.45, 2.75) is 45.4 Å². The zero-order chi connectivity index (χ0) is 15.7. The standard InChI is InChI=1S/C16H17N3OS/c1-13-5-6-14(21-13)15(20)16(7-2-10-17,8-3-11-18)9-4-12-19/h5-6H,2-4,7-9H2,1H3. The van der Waals surface area contributed by atoms with Crippen LogP contribution in [0.1, 0.15) is 53.1 Å². The normalized spacial score (nSPS) is 10.4. The van der Waals surface area contributed by atoms with Crippen molar-refractivity contribution in [2.75, 3.05) is 0 Å². The van der Waals surface area contributed by atoms with Crippen LogP contribution in [0, 0.1) is 46.3 Å². The van der Waals surface area contributed by atoms with Gasteiger partial charge in [-0.05, 0) is 38.3 Å². The first-order valence-corrected chi connectivity index (χ1v) is 7.63. The second kappa shape index (κ2) is 8.20. The summed E-state index contributed by atoms with van der Waals surface area (Å²) < 4.78 is 0. The topological polar surface area (TPSA) is 88.4 Å². The lowest BCUT2D eigenvalue weighted by molar-refractivity contribution is 0.0750. The maximum absolute atomic E-state index is 12.9. The van der Waals surface area contributed by atoms with Crippen molar-refractivity contribution >= 4 is 17.1 Å². The SMILES string of the molecule is Cc1ccc(C(=O)C(CCC#N)(CCC#N)CCC#N)s1. The molecule has 0 amide bonds. The molecule has 0 saturated heterocycles. The first-order valence-electron chi connectivity index (χ1n) is 6.82. The summed E-state index contributed by atoms with van der Waals surface area (Å²) in [6.45, 7) is 1.93. The first-order chi connectivity index (χ1) is 10.1. The van der Waals surface area contributed by atoms with Gasteiger partial charge in [-0.2, -0.15) is 15.8 Å². The van der Waals surface area contributed by atoms with E-state index >= 15 is 0 Å². The summed E-state index contributed by atoms with van der Waals surface area (Å²) in [5, 5.41) is 26.5. The van der Waals surface area contributed by atoms with E-state index in [4.69, 9.17) is 15.8 Å². The van der Waals surface area contributed by atoms with Crippen LogP contribution in [0.25, 0.3) is 0 Å². The van der Waals surface area contributed by atoms with Gasteiger partial charge in [-0.15, -0.1) is 11.3 Å². The van der Waals surface area contributed by atoms with Crippen molar-refractivity contribution in [1.29, 1.82) is 15.8 Å². The van der Waals surface area contributed by atoms with Gasteiger partial charge in [0.25, 0.3) is 0 Å². The minimum Gasteiger partial charge on any atom is -0.293 e. The smallest absolute Gasteiger partial charge is 0.179 e. The molecule has 0 N–H and O–H groups in total. The van der Waals surface area contributed by atoms with E-state index in [1.807, 2.05) is 13.0 Å². The van der Waals surface area contributed by atoms with Crippen LogP contribution >= 0.6 is 11.3 Å². The molecule has 0 unspecified atom stereocenters. The van der Waals surface area contributed by atoms with Crippen LogP contribution < -0.4 is 0 Å². The highest BCUT2D eigenvalue weighted by Gasteiger charge is 2.38. The second-order valence-corrected chi connectivity index (χ2v) is 6.28. The summed E-state index contributed by atoms with van der Waals surface area (Å²) in [6.07, 6.45) is 1.99. The number of aryl methyl sites for hydroxylation is 1. The predicted molar refractivity (Wildman–Crippen MR) is 80.4 cm³/mol. The quantitative estimate of drug-likeness (QED) is 0.675. The fourth-order valence-corrected chi connectivity index (χ4v) is 3.35. The molecule has 0 atom stereocenters. The summed E-state index contributed by atoms with van der Waals surface area (Å²) in [7, 11) is 0. The van der Waals surface area contributed by atoms with Gasteiger partial charge in [0.05, 0.1) is 23.1 Å². The van der Waals surface area contributed by atoms with Gasteiger partial charge in [0, 0.05) is 29.6 Å². The molecular formula is C16H17N3OS. The largest absolute Gasteiger partial charge is 0.293 e. The summed E-state index contributed by atoms with van der Waals surface area (Å²) >= 11 is 1.42. The van der Waals surface area contributed by atoms with E-state index in [1.165, 1.54) is 11.3 Å². The molecule has 108 valence electrons. The van der Waals surface area contributed by atoms with E-state index < -0.39 is 5.41 Å². The van der Waals surface area contributed by atoms with Gasteiger partial charge in [-0.25, -0.2) is 0 Å². The van der Waals surface area contributed by atoms with Crippen molar-refractivity contribution in [2.24, 2.45) is 5.41 Å². The van der Waals surface area contributed by atoms with Gasteiger partial charge in [-0.3, -0.25) is 4.79 Å². The van der Waals surface area contributed by atoms with Gasteiger partial charge in [0.2, 0.25) is 0 Å².